The van der Waals surface area contributed by atoms with Crippen LogP contribution in [0.2, 0.25) is 0 Å². The van der Waals surface area contributed by atoms with Crippen LogP contribution in [-0.4, -0.2) is 70.3 Å². The Balaban J connectivity index is 1.66. The summed E-state index contributed by atoms with van der Waals surface area (Å²) in [6.45, 7) is 9.28. The molecule has 1 aromatic carbocycles. The minimum atomic E-state index is -0.00332. The molecule has 0 aromatic heterocycles. The lowest BCUT2D eigenvalue weighted by Crippen LogP contribution is -2.44. The maximum Gasteiger partial charge on any atom is 0.191 e. The lowest BCUT2D eigenvalue weighted by Gasteiger charge is -2.30. The molecule has 0 radical (unpaired) electrons. The van der Waals surface area contributed by atoms with Gasteiger partial charge < -0.3 is 30.1 Å². The van der Waals surface area contributed by atoms with Crippen LogP contribution in [0, 0.1) is 5.41 Å². The van der Waals surface area contributed by atoms with Crippen LogP contribution in [0.25, 0.3) is 0 Å². The van der Waals surface area contributed by atoms with Gasteiger partial charge in [-0.25, -0.2) is 4.99 Å². The number of ether oxygens (including phenoxy) is 2. The summed E-state index contributed by atoms with van der Waals surface area (Å²) in [5, 5.41) is 16.2. The van der Waals surface area contributed by atoms with E-state index in [0.29, 0.717) is 13.2 Å². The van der Waals surface area contributed by atoms with Gasteiger partial charge in [0.25, 0.3) is 0 Å². The molecule has 2 saturated heterocycles. The number of hydrogen-bond acceptors (Lipinski definition) is 5. The number of hydrogen-bond donors (Lipinski definition) is 3. The quantitative estimate of drug-likeness (QED) is 0.460. The van der Waals surface area contributed by atoms with Gasteiger partial charge in [0, 0.05) is 50.5 Å². The third-order valence-corrected chi connectivity index (χ3v) is 5.55. The molecular formula is C21H34N4O3. The van der Waals surface area contributed by atoms with Crippen LogP contribution < -0.4 is 15.5 Å². The van der Waals surface area contributed by atoms with Gasteiger partial charge in [0.05, 0.1) is 26.4 Å². The number of para-hydroxylation sites is 1. The van der Waals surface area contributed by atoms with E-state index in [2.05, 4.69) is 46.7 Å². The molecule has 0 spiro atoms. The van der Waals surface area contributed by atoms with E-state index in [4.69, 9.17) is 14.5 Å². The maximum atomic E-state index is 9.42. The molecule has 2 aliphatic heterocycles. The Labute approximate surface area is 168 Å². The zero-order chi connectivity index (χ0) is 19.7. The molecule has 1 aromatic rings. The van der Waals surface area contributed by atoms with Crippen LogP contribution in [0.3, 0.4) is 0 Å². The molecule has 1 atom stereocenters. The predicted molar refractivity (Wildman–Crippen MR) is 112 cm³/mol. The van der Waals surface area contributed by atoms with Crippen LogP contribution in [0.5, 0.6) is 0 Å². The van der Waals surface area contributed by atoms with Crippen molar-refractivity contribution < 1.29 is 14.6 Å². The first-order chi connectivity index (χ1) is 13.8. The zero-order valence-electron chi connectivity index (χ0n) is 17.0. The molecule has 3 rings (SSSR count). The smallest absolute Gasteiger partial charge is 0.191 e. The molecule has 0 bridgehead atoms. The summed E-state index contributed by atoms with van der Waals surface area (Å²) in [6, 6.07) is 8.47. The lowest BCUT2D eigenvalue weighted by molar-refractivity contribution is 0.122. The molecule has 156 valence electrons. The summed E-state index contributed by atoms with van der Waals surface area (Å²) in [7, 11) is 0. The number of nitrogens with zero attached hydrogens (tertiary/aromatic N) is 2. The van der Waals surface area contributed by atoms with Gasteiger partial charge in [-0.3, -0.25) is 0 Å². The highest BCUT2D eigenvalue weighted by Gasteiger charge is 2.34. The highest BCUT2D eigenvalue weighted by molar-refractivity contribution is 5.80. The first kappa shape index (κ1) is 20.9. The van der Waals surface area contributed by atoms with E-state index in [9.17, 15) is 5.11 Å². The molecule has 1 unspecified atom stereocenters. The summed E-state index contributed by atoms with van der Waals surface area (Å²) in [5.41, 5.74) is 2.46. The Hall–Kier alpha value is -1.83. The first-order valence-electron chi connectivity index (χ1n) is 10.4. The van der Waals surface area contributed by atoms with Crippen LogP contribution >= 0.6 is 0 Å². The number of aliphatic hydroxyl groups excluding tert-OH is 1. The summed E-state index contributed by atoms with van der Waals surface area (Å²) < 4.78 is 11.1. The van der Waals surface area contributed by atoms with Crippen molar-refractivity contribution in [3.63, 3.8) is 0 Å². The van der Waals surface area contributed by atoms with Crippen LogP contribution in [0.1, 0.15) is 25.3 Å². The van der Waals surface area contributed by atoms with E-state index in [1.54, 1.807) is 0 Å². The molecule has 28 heavy (non-hydrogen) atoms. The topological polar surface area (TPSA) is 78.4 Å². The largest absolute Gasteiger partial charge is 0.396 e. The fourth-order valence-electron chi connectivity index (χ4n) is 3.85. The maximum absolute atomic E-state index is 9.42. The average molecular weight is 391 g/mol. The summed E-state index contributed by atoms with van der Waals surface area (Å²) in [5.74, 6) is 0.809. The number of rotatable bonds is 8. The fraction of sp³-hybridized carbons (Fsp3) is 0.667. The Kier molecular flexibility index (Phi) is 7.94. The van der Waals surface area contributed by atoms with Crippen molar-refractivity contribution in [3.8, 4) is 0 Å². The number of morpholine rings is 1. The normalized spacial score (nSPS) is 23.1. The summed E-state index contributed by atoms with van der Waals surface area (Å²) in [4.78, 5) is 7.20. The standard InChI is InChI=1S/C21H34N4O3/c1-2-22-20(24-16-21(7-11-26)8-12-28-17-21)23-15-18-5-3-4-6-19(18)25-9-13-27-14-10-25/h3-6,26H,2,7-17H2,1H3,(H2,22,23,24). The highest BCUT2D eigenvalue weighted by Crippen LogP contribution is 2.31. The van der Waals surface area contributed by atoms with E-state index >= 15 is 0 Å². The second-order valence-electron chi connectivity index (χ2n) is 7.55. The van der Waals surface area contributed by atoms with Crippen LogP contribution in [0.4, 0.5) is 5.69 Å². The average Bonchev–Trinajstić information content (AvgIpc) is 3.20. The van der Waals surface area contributed by atoms with Crippen LogP contribution in [-0.2, 0) is 16.0 Å². The Morgan fingerprint density at radius 1 is 1.18 bits per heavy atom. The van der Waals surface area contributed by atoms with Gasteiger partial charge >= 0.3 is 0 Å². The van der Waals surface area contributed by atoms with Crippen molar-refractivity contribution in [3.05, 3.63) is 29.8 Å². The van der Waals surface area contributed by atoms with E-state index in [-0.39, 0.29) is 12.0 Å². The summed E-state index contributed by atoms with van der Waals surface area (Å²) in [6.07, 6.45) is 1.72. The molecule has 0 amide bonds. The van der Waals surface area contributed by atoms with Gasteiger partial charge in [-0.15, -0.1) is 0 Å². The number of nitrogens with one attached hydrogen (secondary N) is 2. The van der Waals surface area contributed by atoms with Crippen molar-refractivity contribution in [2.45, 2.75) is 26.3 Å². The molecule has 3 N–H and O–H groups in total. The van der Waals surface area contributed by atoms with Gasteiger partial charge in [0.15, 0.2) is 5.96 Å². The molecule has 0 saturated carbocycles. The molecule has 2 fully saturated rings. The van der Waals surface area contributed by atoms with Gasteiger partial charge in [-0.1, -0.05) is 18.2 Å². The van der Waals surface area contributed by atoms with Gasteiger partial charge in [0.2, 0.25) is 0 Å². The number of anilines is 1. The second kappa shape index (κ2) is 10.6. The van der Waals surface area contributed by atoms with Gasteiger partial charge in [0.1, 0.15) is 0 Å². The van der Waals surface area contributed by atoms with Crippen molar-refractivity contribution in [1.29, 1.82) is 0 Å². The van der Waals surface area contributed by atoms with Crippen molar-refractivity contribution >= 4 is 11.6 Å². The van der Waals surface area contributed by atoms with Crippen molar-refractivity contribution in [2.75, 3.05) is 64.1 Å². The molecule has 2 heterocycles. The van der Waals surface area contributed by atoms with Crippen LogP contribution in [0.15, 0.2) is 29.3 Å². The Bertz CT molecular complexity index is 626. The van der Waals surface area contributed by atoms with Gasteiger partial charge in [-0.2, -0.15) is 0 Å². The zero-order valence-corrected chi connectivity index (χ0v) is 17.0. The molecule has 2 aliphatic rings. The third kappa shape index (κ3) is 5.59. The molecule has 0 aliphatic carbocycles. The van der Waals surface area contributed by atoms with Crippen molar-refractivity contribution in [2.24, 2.45) is 10.4 Å². The number of aliphatic hydroxyl groups is 1. The Morgan fingerprint density at radius 3 is 2.71 bits per heavy atom. The Morgan fingerprint density at radius 2 is 2.00 bits per heavy atom. The van der Waals surface area contributed by atoms with E-state index in [1.807, 2.05) is 0 Å². The molecular weight excluding hydrogens is 356 g/mol. The minimum Gasteiger partial charge on any atom is -0.396 e. The predicted octanol–water partition coefficient (Wildman–Crippen LogP) is 1.37. The minimum absolute atomic E-state index is 0.00332. The second-order valence-corrected chi connectivity index (χ2v) is 7.55. The highest BCUT2D eigenvalue weighted by atomic mass is 16.5. The lowest BCUT2D eigenvalue weighted by atomic mass is 9.84. The fourth-order valence-corrected chi connectivity index (χ4v) is 3.85. The van der Waals surface area contributed by atoms with Gasteiger partial charge in [-0.05, 0) is 31.4 Å². The SMILES string of the molecule is CCNC(=NCc1ccccc1N1CCOCC1)NCC1(CCO)CCOC1. The number of aliphatic imine (C=N–C) groups is 1. The van der Waals surface area contributed by atoms with E-state index in [0.717, 1.165) is 64.8 Å². The monoisotopic (exact) mass is 390 g/mol. The first-order valence-corrected chi connectivity index (χ1v) is 10.4. The molecule has 7 heteroatoms. The number of guanidine groups is 1. The van der Waals surface area contributed by atoms with E-state index < -0.39 is 0 Å². The van der Waals surface area contributed by atoms with E-state index in [1.165, 1.54) is 11.3 Å². The third-order valence-electron chi connectivity index (χ3n) is 5.55. The molecule has 7 nitrogen and oxygen atoms in total. The van der Waals surface area contributed by atoms with Crippen molar-refractivity contribution in [1.82, 2.24) is 10.6 Å². The summed E-state index contributed by atoms with van der Waals surface area (Å²) >= 11 is 0. The number of benzene rings is 1.